The SMILES string of the molecule is CC(NC(=O)Cc1ccc(Cl)cc1Cl)c1ccc(S(N)(=O)=O)cc1. The van der Waals surface area contributed by atoms with Crippen LogP contribution in [0.4, 0.5) is 0 Å². The predicted octanol–water partition coefficient (Wildman–Crippen LogP) is 3.06. The van der Waals surface area contributed by atoms with Gasteiger partial charge in [-0.05, 0) is 42.3 Å². The van der Waals surface area contributed by atoms with Gasteiger partial charge in [-0.15, -0.1) is 0 Å². The van der Waals surface area contributed by atoms with Gasteiger partial charge in [0.05, 0.1) is 17.4 Å². The Bertz CT molecular complexity index is 852. The Kier molecular flexibility index (Phi) is 5.87. The van der Waals surface area contributed by atoms with E-state index >= 15 is 0 Å². The van der Waals surface area contributed by atoms with Crippen molar-refractivity contribution in [2.45, 2.75) is 24.3 Å². The first-order valence-corrected chi connectivity index (χ1v) is 9.33. The standard InChI is InChI=1S/C16H16Cl2N2O3S/c1-10(11-3-6-14(7-4-11)24(19,22)23)20-16(21)8-12-2-5-13(17)9-15(12)18/h2-7,9-10H,8H2,1H3,(H,20,21)(H2,19,22,23). The molecule has 5 nitrogen and oxygen atoms in total. The van der Waals surface area contributed by atoms with Crippen molar-refractivity contribution in [3.05, 3.63) is 63.6 Å². The smallest absolute Gasteiger partial charge is 0.238 e. The first-order chi connectivity index (χ1) is 11.2. The number of hydrogen-bond donors (Lipinski definition) is 2. The van der Waals surface area contributed by atoms with Crippen LogP contribution in [-0.2, 0) is 21.2 Å². The van der Waals surface area contributed by atoms with Crippen LogP contribution >= 0.6 is 23.2 Å². The minimum Gasteiger partial charge on any atom is -0.349 e. The van der Waals surface area contributed by atoms with Gasteiger partial charge in [-0.2, -0.15) is 0 Å². The maximum atomic E-state index is 12.1. The predicted molar refractivity (Wildman–Crippen MR) is 94.5 cm³/mol. The van der Waals surface area contributed by atoms with E-state index in [9.17, 15) is 13.2 Å². The molecule has 0 saturated carbocycles. The molecule has 8 heteroatoms. The fraction of sp³-hybridized carbons (Fsp3) is 0.188. The highest BCUT2D eigenvalue weighted by Crippen LogP contribution is 2.22. The summed E-state index contributed by atoms with van der Waals surface area (Å²) >= 11 is 11.9. The number of nitrogens with one attached hydrogen (secondary N) is 1. The Balaban J connectivity index is 2.03. The van der Waals surface area contributed by atoms with E-state index in [1.807, 2.05) is 0 Å². The molecule has 128 valence electrons. The first kappa shape index (κ1) is 18.7. The zero-order valence-electron chi connectivity index (χ0n) is 12.8. The summed E-state index contributed by atoms with van der Waals surface area (Å²) in [5, 5.41) is 8.83. The number of amides is 1. The van der Waals surface area contributed by atoms with Crippen LogP contribution in [0.15, 0.2) is 47.4 Å². The molecule has 1 atom stereocenters. The summed E-state index contributed by atoms with van der Waals surface area (Å²) in [6.07, 6.45) is 0.121. The highest BCUT2D eigenvalue weighted by molar-refractivity contribution is 7.89. The highest BCUT2D eigenvalue weighted by atomic mass is 35.5. The van der Waals surface area contributed by atoms with Gasteiger partial charge in [-0.3, -0.25) is 4.79 Å². The van der Waals surface area contributed by atoms with Gasteiger partial charge < -0.3 is 5.32 Å². The van der Waals surface area contributed by atoms with E-state index in [1.165, 1.54) is 12.1 Å². The molecule has 0 bridgehead atoms. The molecule has 1 amide bonds. The van der Waals surface area contributed by atoms with Crippen molar-refractivity contribution in [3.8, 4) is 0 Å². The summed E-state index contributed by atoms with van der Waals surface area (Å²) in [7, 11) is -3.73. The van der Waals surface area contributed by atoms with E-state index in [-0.39, 0.29) is 23.3 Å². The molecule has 2 rings (SSSR count). The van der Waals surface area contributed by atoms with E-state index in [0.717, 1.165) is 5.56 Å². The van der Waals surface area contributed by atoms with Crippen LogP contribution in [0.1, 0.15) is 24.1 Å². The second kappa shape index (κ2) is 7.53. The molecule has 0 heterocycles. The lowest BCUT2D eigenvalue weighted by atomic mass is 10.1. The van der Waals surface area contributed by atoms with Crippen LogP contribution in [-0.4, -0.2) is 14.3 Å². The molecule has 2 aromatic rings. The van der Waals surface area contributed by atoms with Crippen LogP contribution < -0.4 is 10.5 Å². The molecule has 3 N–H and O–H groups in total. The number of primary sulfonamides is 1. The molecule has 0 spiro atoms. The molecule has 0 radical (unpaired) electrons. The summed E-state index contributed by atoms with van der Waals surface area (Å²) in [4.78, 5) is 12.2. The third kappa shape index (κ3) is 4.95. The molecule has 2 aromatic carbocycles. The maximum absolute atomic E-state index is 12.1. The summed E-state index contributed by atoms with van der Waals surface area (Å²) in [5.74, 6) is -0.206. The Morgan fingerprint density at radius 1 is 1.17 bits per heavy atom. The fourth-order valence-electron chi connectivity index (χ4n) is 2.16. The van der Waals surface area contributed by atoms with Crippen molar-refractivity contribution in [1.82, 2.24) is 5.32 Å². The molecule has 0 aromatic heterocycles. The Morgan fingerprint density at radius 3 is 2.33 bits per heavy atom. The van der Waals surface area contributed by atoms with Gasteiger partial charge in [0.1, 0.15) is 0 Å². The highest BCUT2D eigenvalue weighted by Gasteiger charge is 2.13. The number of hydrogen-bond acceptors (Lipinski definition) is 3. The lowest BCUT2D eigenvalue weighted by Crippen LogP contribution is -2.28. The molecule has 24 heavy (non-hydrogen) atoms. The number of carbonyl (C=O) groups is 1. The summed E-state index contributed by atoms with van der Waals surface area (Å²) in [5.41, 5.74) is 1.44. The second-order valence-electron chi connectivity index (χ2n) is 5.32. The Morgan fingerprint density at radius 2 is 1.79 bits per heavy atom. The number of halogens is 2. The minimum atomic E-state index is -3.73. The van der Waals surface area contributed by atoms with Crippen LogP contribution in [0.25, 0.3) is 0 Å². The van der Waals surface area contributed by atoms with Crippen LogP contribution in [0.5, 0.6) is 0 Å². The molecule has 0 fully saturated rings. The lowest BCUT2D eigenvalue weighted by Gasteiger charge is -2.15. The number of nitrogens with two attached hydrogens (primary N) is 1. The number of carbonyl (C=O) groups excluding carboxylic acids is 1. The van der Waals surface area contributed by atoms with Gasteiger partial charge in [0, 0.05) is 10.0 Å². The van der Waals surface area contributed by atoms with Crippen LogP contribution in [0.3, 0.4) is 0 Å². The van der Waals surface area contributed by atoms with Crippen LogP contribution in [0.2, 0.25) is 10.0 Å². The quantitative estimate of drug-likeness (QED) is 0.826. The van der Waals surface area contributed by atoms with Gasteiger partial charge in [-0.25, -0.2) is 13.6 Å². The summed E-state index contributed by atoms with van der Waals surface area (Å²) < 4.78 is 22.5. The molecular formula is C16H16Cl2N2O3S. The van der Waals surface area contributed by atoms with Gasteiger partial charge in [0.25, 0.3) is 0 Å². The normalized spacial score (nSPS) is 12.7. The topological polar surface area (TPSA) is 89.3 Å². The maximum Gasteiger partial charge on any atom is 0.238 e. The molecule has 0 aliphatic heterocycles. The van der Waals surface area contributed by atoms with Crippen molar-refractivity contribution in [1.29, 1.82) is 0 Å². The average molecular weight is 387 g/mol. The summed E-state index contributed by atoms with van der Waals surface area (Å²) in [6.45, 7) is 1.80. The number of benzene rings is 2. The van der Waals surface area contributed by atoms with E-state index in [2.05, 4.69) is 5.32 Å². The van der Waals surface area contributed by atoms with E-state index in [0.29, 0.717) is 15.6 Å². The molecule has 0 aliphatic carbocycles. The third-order valence-electron chi connectivity index (χ3n) is 3.45. The van der Waals surface area contributed by atoms with E-state index in [4.69, 9.17) is 28.3 Å². The van der Waals surface area contributed by atoms with Crippen LogP contribution in [0, 0.1) is 0 Å². The lowest BCUT2D eigenvalue weighted by molar-refractivity contribution is -0.121. The molecule has 1 unspecified atom stereocenters. The van der Waals surface area contributed by atoms with Crippen molar-refractivity contribution in [2.24, 2.45) is 5.14 Å². The zero-order valence-corrected chi connectivity index (χ0v) is 15.1. The molecule has 0 saturated heterocycles. The first-order valence-electron chi connectivity index (χ1n) is 7.03. The van der Waals surface area contributed by atoms with Gasteiger partial charge in [0.2, 0.25) is 15.9 Å². The van der Waals surface area contributed by atoms with Crippen molar-refractivity contribution in [2.75, 3.05) is 0 Å². The van der Waals surface area contributed by atoms with Gasteiger partial charge in [-0.1, -0.05) is 41.4 Å². The molecular weight excluding hydrogens is 371 g/mol. The summed E-state index contributed by atoms with van der Waals surface area (Å²) in [6, 6.07) is 10.7. The number of rotatable bonds is 5. The number of sulfonamides is 1. The Hall–Kier alpha value is -1.60. The minimum absolute atomic E-state index is 0.0257. The van der Waals surface area contributed by atoms with Gasteiger partial charge in [0.15, 0.2) is 0 Å². The zero-order chi connectivity index (χ0) is 17.9. The fourth-order valence-corrected chi connectivity index (χ4v) is 3.15. The third-order valence-corrected chi connectivity index (χ3v) is 4.97. The van der Waals surface area contributed by atoms with Crippen molar-refractivity contribution < 1.29 is 13.2 Å². The van der Waals surface area contributed by atoms with Crippen molar-refractivity contribution in [3.63, 3.8) is 0 Å². The Labute approximate surface area is 150 Å². The van der Waals surface area contributed by atoms with E-state index in [1.54, 1.807) is 37.3 Å². The van der Waals surface area contributed by atoms with Crippen molar-refractivity contribution >= 4 is 39.1 Å². The largest absolute Gasteiger partial charge is 0.349 e. The average Bonchev–Trinajstić information content (AvgIpc) is 2.49. The van der Waals surface area contributed by atoms with Gasteiger partial charge >= 0.3 is 0 Å². The second-order valence-corrected chi connectivity index (χ2v) is 7.72. The van der Waals surface area contributed by atoms with E-state index < -0.39 is 10.0 Å². The molecule has 0 aliphatic rings. The monoisotopic (exact) mass is 386 g/mol.